The number of rotatable bonds is 4. The number of carbonyl (C=O) groups excluding carboxylic acids is 2. The second-order valence-corrected chi connectivity index (χ2v) is 5.78. The third-order valence-corrected chi connectivity index (χ3v) is 4.73. The quantitative estimate of drug-likeness (QED) is 0.910. The minimum Gasteiger partial charge on any atom is -0.345 e. The monoisotopic (exact) mass is 281 g/mol. The molecule has 0 radical (unpaired) electrons. The average molecular weight is 281 g/mol. The summed E-state index contributed by atoms with van der Waals surface area (Å²) in [5.41, 5.74) is 0. The Balaban J connectivity index is 2.25. The summed E-state index contributed by atoms with van der Waals surface area (Å²) in [6.45, 7) is 6.03. The van der Waals surface area contributed by atoms with Gasteiger partial charge >= 0.3 is 0 Å². The Morgan fingerprint density at radius 1 is 1.53 bits per heavy atom. The van der Waals surface area contributed by atoms with Crippen LogP contribution in [0.25, 0.3) is 0 Å². The molecule has 5 nitrogen and oxygen atoms in total. The molecule has 2 heterocycles. The van der Waals surface area contributed by atoms with Gasteiger partial charge in [0.2, 0.25) is 11.8 Å². The molecule has 2 atom stereocenters. The molecule has 1 aliphatic rings. The maximum absolute atomic E-state index is 12.1. The molecule has 2 unspecified atom stereocenters. The lowest BCUT2D eigenvalue weighted by atomic mass is 10.1. The van der Waals surface area contributed by atoms with Crippen LogP contribution in [-0.4, -0.2) is 34.3 Å². The molecule has 1 N–H and O–H groups in total. The molecule has 1 aliphatic heterocycles. The number of aryl methyl sites for hydroxylation is 1. The van der Waals surface area contributed by atoms with Crippen molar-refractivity contribution in [3.8, 4) is 0 Å². The summed E-state index contributed by atoms with van der Waals surface area (Å²) in [7, 11) is 0. The summed E-state index contributed by atoms with van der Waals surface area (Å²) in [6, 6.07) is -0.529. The number of nitrogens with one attached hydrogen (secondary N) is 1. The van der Waals surface area contributed by atoms with Gasteiger partial charge in [-0.2, -0.15) is 0 Å². The predicted octanol–water partition coefficient (Wildman–Crippen LogP) is 1.50. The Morgan fingerprint density at radius 3 is 2.84 bits per heavy atom. The Morgan fingerprint density at radius 2 is 2.26 bits per heavy atom. The third kappa shape index (κ3) is 2.63. The third-order valence-electron chi connectivity index (χ3n) is 3.42. The van der Waals surface area contributed by atoms with Gasteiger partial charge in [-0.05, 0) is 19.8 Å². The lowest BCUT2D eigenvalue weighted by Crippen LogP contribution is -2.58. The predicted molar refractivity (Wildman–Crippen MR) is 73.8 cm³/mol. The summed E-state index contributed by atoms with van der Waals surface area (Å²) in [6.07, 6.45) is 3.41. The molecule has 2 amide bonds. The van der Waals surface area contributed by atoms with Crippen LogP contribution in [0.2, 0.25) is 0 Å². The van der Waals surface area contributed by atoms with Gasteiger partial charge in [0.05, 0.1) is 12.6 Å². The van der Waals surface area contributed by atoms with Crippen LogP contribution in [0.15, 0.2) is 6.20 Å². The highest BCUT2D eigenvalue weighted by Gasteiger charge is 2.37. The fourth-order valence-corrected chi connectivity index (χ4v) is 3.25. The summed E-state index contributed by atoms with van der Waals surface area (Å²) in [5, 5.41) is 3.54. The van der Waals surface area contributed by atoms with E-state index in [0.717, 1.165) is 11.4 Å². The lowest BCUT2D eigenvalue weighted by molar-refractivity contribution is -0.148. The first-order chi connectivity index (χ1) is 9.08. The molecule has 0 saturated carbocycles. The van der Waals surface area contributed by atoms with Crippen molar-refractivity contribution in [1.29, 1.82) is 0 Å². The second kappa shape index (κ2) is 5.69. The van der Waals surface area contributed by atoms with Crippen molar-refractivity contribution in [3.05, 3.63) is 16.1 Å². The molecule has 2 rings (SSSR count). The standard InChI is InChI=1S/C13H19N3O2S/c1-4-9-6-15-13(19-9)8(3)16-10(5-2)12(18)14-7-11(16)17/h6,8,10H,4-5,7H2,1-3H3,(H,14,18). The van der Waals surface area contributed by atoms with E-state index in [9.17, 15) is 9.59 Å². The van der Waals surface area contributed by atoms with Crippen molar-refractivity contribution in [2.45, 2.75) is 45.7 Å². The molecule has 6 heteroatoms. The van der Waals surface area contributed by atoms with Crippen LogP contribution in [0.4, 0.5) is 0 Å². The zero-order chi connectivity index (χ0) is 14.0. The molecular weight excluding hydrogens is 262 g/mol. The SMILES string of the molecule is CCc1cnc(C(C)N2C(=O)CNC(=O)C2CC)s1. The Hall–Kier alpha value is -1.43. The average Bonchev–Trinajstić information content (AvgIpc) is 2.89. The number of hydrogen-bond donors (Lipinski definition) is 1. The largest absolute Gasteiger partial charge is 0.345 e. The Kier molecular flexibility index (Phi) is 4.19. The van der Waals surface area contributed by atoms with Gasteiger partial charge < -0.3 is 10.2 Å². The molecule has 0 aromatic carbocycles. The minimum atomic E-state index is -0.384. The highest BCUT2D eigenvalue weighted by atomic mass is 32.1. The molecule has 0 aliphatic carbocycles. The molecule has 19 heavy (non-hydrogen) atoms. The van der Waals surface area contributed by atoms with Crippen LogP contribution in [-0.2, 0) is 16.0 Å². The van der Waals surface area contributed by atoms with Crippen molar-refractivity contribution in [2.75, 3.05) is 6.54 Å². The van der Waals surface area contributed by atoms with Gasteiger partial charge in [0, 0.05) is 11.1 Å². The van der Waals surface area contributed by atoms with Crippen molar-refractivity contribution in [1.82, 2.24) is 15.2 Å². The van der Waals surface area contributed by atoms with Crippen molar-refractivity contribution in [3.63, 3.8) is 0 Å². The zero-order valence-corrected chi connectivity index (χ0v) is 12.3. The van der Waals surface area contributed by atoms with E-state index in [0.29, 0.717) is 6.42 Å². The number of thiazole rings is 1. The summed E-state index contributed by atoms with van der Waals surface area (Å²) in [4.78, 5) is 31.2. The first kappa shape index (κ1) is 14.0. The molecule has 1 aromatic rings. The van der Waals surface area contributed by atoms with Crippen molar-refractivity contribution in [2.24, 2.45) is 0 Å². The number of amides is 2. The maximum atomic E-state index is 12.1. The molecule has 1 aromatic heterocycles. The highest BCUT2D eigenvalue weighted by Crippen LogP contribution is 2.28. The second-order valence-electron chi connectivity index (χ2n) is 4.64. The fourth-order valence-electron chi connectivity index (χ4n) is 2.34. The number of piperazine rings is 1. The van der Waals surface area contributed by atoms with Gasteiger partial charge in [-0.1, -0.05) is 13.8 Å². The molecule has 1 fully saturated rings. The van der Waals surface area contributed by atoms with Crippen LogP contribution in [0, 0.1) is 0 Å². The fraction of sp³-hybridized carbons (Fsp3) is 0.615. The molecule has 104 valence electrons. The summed E-state index contributed by atoms with van der Waals surface area (Å²) in [5.74, 6) is -0.103. The normalized spacial score (nSPS) is 21.4. The Bertz CT molecular complexity index is 486. The van der Waals surface area contributed by atoms with Crippen LogP contribution in [0.3, 0.4) is 0 Å². The lowest BCUT2D eigenvalue weighted by Gasteiger charge is -2.37. The van der Waals surface area contributed by atoms with Gasteiger partial charge in [-0.25, -0.2) is 4.98 Å². The molecule has 0 bridgehead atoms. The smallest absolute Gasteiger partial charge is 0.243 e. The van der Waals surface area contributed by atoms with Gasteiger partial charge in [-0.3, -0.25) is 9.59 Å². The molecular formula is C13H19N3O2S. The minimum absolute atomic E-state index is 0.0350. The summed E-state index contributed by atoms with van der Waals surface area (Å²) >= 11 is 1.61. The van der Waals surface area contributed by atoms with Crippen molar-refractivity contribution >= 4 is 23.2 Å². The van der Waals surface area contributed by atoms with E-state index in [1.54, 1.807) is 16.2 Å². The van der Waals surface area contributed by atoms with E-state index in [1.807, 2.05) is 20.0 Å². The number of nitrogens with zero attached hydrogens (tertiary/aromatic N) is 2. The Labute approximate surface area is 117 Å². The highest BCUT2D eigenvalue weighted by molar-refractivity contribution is 7.11. The van der Waals surface area contributed by atoms with E-state index >= 15 is 0 Å². The maximum Gasteiger partial charge on any atom is 0.243 e. The van der Waals surface area contributed by atoms with Crippen LogP contribution in [0.1, 0.15) is 43.1 Å². The van der Waals surface area contributed by atoms with E-state index < -0.39 is 0 Å². The topological polar surface area (TPSA) is 62.3 Å². The van der Waals surface area contributed by atoms with Gasteiger partial charge in [0.15, 0.2) is 0 Å². The molecule has 1 saturated heterocycles. The van der Waals surface area contributed by atoms with E-state index in [2.05, 4.69) is 17.2 Å². The van der Waals surface area contributed by atoms with Gasteiger partial charge in [0.1, 0.15) is 11.0 Å². The number of hydrogen-bond acceptors (Lipinski definition) is 4. The van der Waals surface area contributed by atoms with E-state index in [1.165, 1.54) is 4.88 Å². The van der Waals surface area contributed by atoms with Crippen LogP contribution < -0.4 is 5.32 Å². The first-order valence-electron chi connectivity index (χ1n) is 6.61. The van der Waals surface area contributed by atoms with Crippen molar-refractivity contribution < 1.29 is 9.59 Å². The van der Waals surface area contributed by atoms with E-state index in [-0.39, 0.29) is 30.4 Å². The zero-order valence-electron chi connectivity index (χ0n) is 11.5. The number of aromatic nitrogens is 1. The summed E-state index contributed by atoms with van der Waals surface area (Å²) < 4.78 is 0. The van der Waals surface area contributed by atoms with Gasteiger partial charge in [0.25, 0.3) is 0 Å². The number of carbonyl (C=O) groups is 2. The van der Waals surface area contributed by atoms with Gasteiger partial charge in [-0.15, -0.1) is 11.3 Å². The van der Waals surface area contributed by atoms with Crippen LogP contribution >= 0.6 is 11.3 Å². The molecule has 0 spiro atoms. The first-order valence-corrected chi connectivity index (χ1v) is 7.43. The van der Waals surface area contributed by atoms with E-state index in [4.69, 9.17) is 0 Å². The van der Waals surface area contributed by atoms with Crippen LogP contribution in [0.5, 0.6) is 0 Å².